The van der Waals surface area contributed by atoms with Gasteiger partial charge in [-0.15, -0.1) is 5.10 Å². The molecule has 2 heterocycles. The van der Waals surface area contributed by atoms with Crippen LogP contribution in [0.5, 0.6) is 5.88 Å². The Kier molecular flexibility index (Phi) is 7.30. The quantitative estimate of drug-likeness (QED) is 0.378. The van der Waals surface area contributed by atoms with Crippen molar-refractivity contribution in [1.82, 2.24) is 19.7 Å². The lowest BCUT2D eigenvalue weighted by Gasteiger charge is -2.12. The number of esters is 2. The molecule has 0 aliphatic rings. The lowest BCUT2D eigenvalue weighted by molar-refractivity contribution is -0.156. The van der Waals surface area contributed by atoms with Crippen LogP contribution >= 0.6 is 0 Å². The average Bonchev–Trinajstić information content (AvgIpc) is 3.06. The zero-order valence-electron chi connectivity index (χ0n) is 16.8. The lowest BCUT2D eigenvalue weighted by Crippen LogP contribution is -2.12. The van der Waals surface area contributed by atoms with Gasteiger partial charge in [-0.05, 0) is 25.8 Å². The predicted octanol–water partition coefficient (Wildman–Crippen LogP) is 3.73. The standard InChI is InChI=1S/C19H21F3N4O4/c1-11(2)7-17(28)30-16(27)5-6-26-10-23-18(25-26)13-8-14(19(20,21)22)24-15(9-13)29-12(3)4/h5-6,8-12H,7H2,1-4H3/b6-5-. The second kappa shape index (κ2) is 9.51. The molecule has 2 rings (SSSR count). The molecule has 30 heavy (non-hydrogen) atoms. The van der Waals surface area contributed by atoms with Gasteiger partial charge in [0.2, 0.25) is 5.88 Å². The summed E-state index contributed by atoms with van der Waals surface area (Å²) in [5, 5.41) is 4.00. The van der Waals surface area contributed by atoms with E-state index in [0.717, 1.165) is 16.8 Å². The van der Waals surface area contributed by atoms with Crippen LogP contribution < -0.4 is 4.74 Å². The van der Waals surface area contributed by atoms with E-state index < -0.39 is 23.8 Å². The molecule has 162 valence electrons. The van der Waals surface area contributed by atoms with Gasteiger partial charge < -0.3 is 9.47 Å². The van der Waals surface area contributed by atoms with Crippen LogP contribution in [0.15, 0.2) is 24.5 Å². The SMILES string of the molecule is CC(C)CC(=O)OC(=O)/C=C\n1cnc(-c2cc(OC(C)C)nc(C(F)(F)F)c2)n1. The largest absolute Gasteiger partial charge is 0.475 e. The van der Waals surface area contributed by atoms with Crippen molar-refractivity contribution in [2.24, 2.45) is 5.92 Å². The molecule has 0 saturated heterocycles. The summed E-state index contributed by atoms with van der Waals surface area (Å²) >= 11 is 0. The van der Waals surface area contributed by atoms with E-state index in [1.807, 2.05) is 0 Å². The van der Waals surface area contributed by atoms with Crippen molar-refractivity contribution in [2.45, 2.75) is 46.4 Å². The molecule has 11 heteroatoms. The first kappa shape index (κ1) is 23.0. The van der Waals surface area contributed by atoms with Crippen LogP contribution in [-0.4, -0.2) is 37.8 Å². The molecule has 0 aromatic carbocycles. The van der Waals surface area contributed by atoms with Crippen LogP contribution in [0.25, 0.3) is 17.6 Å². The minimum Gasteiger partial charge on any atom is -0.475 e. The highest BCUT2D eigenvalue weighted by atomic mass is 19.4. The molecule has 0 fully saturated rings. The maximum Gasteiger partial charge on any atom is 0.433 e. The molecule has 0 aliphatic heterocycles. The summed E-state index contributed by atoms with van der Waals surface area (Å²) in [7, 11) is 0. The molecule has 0 atom stereocenters. The first-order chi connectivity index (χ1) is 13.9. The molecule has 2 aromatic rings. The molecule has 0 amide bonds. The number of nitrogens with zero attached hydrogens (tertiary/aromatic N) is 4. The van der Waals surface area contributed by atoms with Crippen molar-refractivity contribution in [3.05, 3.63) is 30.2 Å². The van der Waals surface area contributed by atoms with E-state index in [1.54, 1.807) is 27.7 Å². The van der Waals surface area contributed by atoms with Crippen molar-refractivity contribution < 1.29 is 32.2 Å². The monoisotopic (exact) mass is 426 g/mol. The molecule has 0 saturated carbocycles. The van der Waals surface area contributed by atoms with Gasteiger partial charge in [0.25, 0.3) is 0 Å². The molecule has 8 nitrogen and oxygen atoms in total. The average molecular weight is 426 g/mol. The van der Waals surface area contributed by atoms with Crippen molar-refractivity contribution in [2.75, 3.05) is 0 Å². The third-order valence-corrected chi connectivity index (χ3v) is 3.37. The molecular formula is C19H21F3N4O4. The van der Waals surface area contributed by atoms with Crippen LogP contribution in [0, 0.1) is 5.92 Å². The molecule has 0 bridgehead atoms. The third kappa shape index (κ3) is 6.98. The van der Waals surface area contributed by atoms with E-state index in [9.17, 15) is 22.8 Å². The van der Waals surface area contributed by atoms with Gasteiger partial charge >= 0.3 is 18.1 Å². The summed E-state index contributed by atoms with van der Waals surface area (Å²) in [5.41, 5.74) is -1.11. The van der Waals surface area contributed by atoms with E-state index in [4.69, 9.17) is 4.74 Å². The van der Waals surface area contributed by atoms with Gasteiger partial charge in [0, 0.05) is 30.3 Å². The van der Waals surface area contributed by atoms with E-state index in [2.05, 4.69) is 19.8 Å². The topological polar surface area (TPSA) is 96.2 Å². The fraction of sp³-hybridized carbons (Fsp3) is 0.421. The molecule has 0 spiro atoms. The van der Waals surface area contributed by atoms with Crippen molar-refractivity contribution in [3.8, 4) is 17.3 Å². The zero-order valence-corrected chi connectivity index (χ0v) is 16.8. The number of ether oxygens (including phenoxy) is 2. The van der Waals surface area contributed by atoms with E-state index in [1.165, 1.54) is 18.6 Å². The molecule has 0 N–H and O–H groups in total. The van der Waals surface area contributed by atoms with Gasteiger partial charge in [0.1, 0.15) is 12.0 Å². The molecule has 0 aliphatic carbocycles. The summed E-state index contributed by atoms with van der Waals surface area (Å²) in [6.07, 6.45) is -1.66. The van der Waals surface area contributed by atoms with Gasteiger partial charge in [-0.3, -0.25) is 4.79 Å². The fourth-order valence-electron chi connectivity index (χ4n) is 2.22. The summed E-state index contributed by atoms with van der Waals surface area (Å²) in [5.74, 6) is -1.76. The second-order valence-corrected chi connectivity index (χ2v) is 7.00. The van der Waals surface area contributed by atoms with Crippen LogP contribution in [0.3, 0.4) is 0 Å². The number of carbonyl (C=O) groups excluding carboxylic acids is 2. The maximum absolute atomic E-state index is 13.1. The van der Waals surface area contributed by atoms with Gasteiger partial charge in [0.15, 0.2) is 5.82 Å². The number of rotatable bonds is 7. The molecule has 0 unspecified atom stereocenters. The van der Waals surface area contributed by atoms with Gasteiger partial charge in [-0.2, -0.15) is 13.2 Å². The highest BCUT2D eigenvalue weighted by Crippen LogP contribution is 2.32. The Morgan fingerprint density at radius 2 is 1.90 bits per heavy atom. The highest BCUT2D eigenvalue weighted by Gasteiger charge is 2.34. The Labute approximate surface area is 170 Å². The molecular weight excluding hydrogens is 405 g/mol. The normalized spacial score (nSPS) is 12.0. The van der Waals surface area contributed by atoms with Crippen LogP contribution in [-0.2, 0) is 20.5 Å². The summed E-state index contributed by atoms with van der Waals surface area (Å²) in [6, 6.07) is 2.09. The zero-order chi connectivity index (χ0) is 22.5. The van der Waals surface area contributed by atoms with Gasteiger partial charge in [-0.1, -0.05) is 13.8 Å². The van der Waals surface area contributed by atoms with E-state index in [-0.39, 0.29) is 35.7 Å². The number of hydrogen-bond acceptors (Lipinski definition) is 7. The van der Waals surface area contributed by atoms with Crippen molar-refractivity contribution in [1.29, 1.82) is 0 Å². The number of halogens is 3. The minimum absolute atomic E-state index is 0.0367. The Bertz CT molecular complexity index is 936. The van der Waals surface area contributed by atoms with Crippen LogP contribution in [0.4, 0.5) is 13.2 Å². The summed E-state index contributed by atoms with van der Waals surface area (Å²) in [4.78, 5) is 30.5. The number of alkyl halides is 3. The fourth-order valence-corrected chi connectivity index (χ4v) is 2.22. The Balaban J connectivity index is 2.20. The number of carbonyl (C=O) groups is 2. The van der Waals surface area contributed by atoms with Crippen molar-refractivity contribution >= 4 is 18.1 Å². The minimum atomic E-state index is -4.68. The van der Waals surface area contributed by atoms with Crippen molar-refractivity contribution in [3.63, 3.8) is 0 Å². The van der Waals surface area contributed by atoms with Gasteiger partial charge in [-0.25, -0.2) is 19.4 Å². The van der Waals surface area contributed by atoms with Crippen LogP contribution in [0.1, 0.15) is 39.8 Å². The highest BCUT2D eigenvalue weighted by molar-refractivity contribution is 5.93. The Hall–Kier alpha value is -3.24. The third-order valence-electron chi connectivity index (χ3n) is 3.37. The van der Waals surface area contributed by atoms with Crippen LogP contribution in [0.2, 0.25) is 0 Å². The van der Waals surface area contributed by atoms with E-state index in [0.29, 0.717) is 0 Å². The predicted molar refractivity (Wildman–Crippen MR) is 99.9 cm³/mol. The summed E-state index contributed by atoms with van der Waals surface area (Å²) < 4.78 is 50.4. The number of pyridine rings is 1. The lowest BCUT2D eigenvalue weighted by atomic mass is 10.1. The molecule has 2 aromatic heterocycles. The number of hydrogen-bond donors (Lipinski definition) is 0. The second-order valence-electron chi connectivity index (χ2n) is 7.00. The Morgan fingerprint density at radius 1 is 1.20 bits per heavy atom. The Morgan fingerprint density at radius 3 is 2.50 bits per heavy atom. The van der Waals surface area contributed by atoms with E-state index >= 15 is 0 Å². The smallest absolute Gasteiger partial charge is 0.433 e. The first-order valence-electron chi connectivity index (χ1n) is 9.04. The number of aromatic nitrogens is 4. The summed E-state index contributed by atoms with van der Waals surface area (Å²) in [6.45, 7) is 6.92. The molecule has 0 radical (unpaired) electrons. The van der Waals surface area contributed by atoms with Gasteiger partial charge in [0.05, 0.1) is 6.10 Å². The maximum atomic E-state index is 13.1. The first-order valence-corrected chi connectivity index (χ1v) is 9.04.